The lowest BCUT2D eigenvalue weighted by Gasteiger charge is -2.18. The highest BCUT2D eigenvalue weighted by atomic mass is 32.7. The molecule has 98 valence electrons. The molecule has 0 aliphatic carbocycles. The van der Waals surface area contributed by atoms with Crippen LogP contribution in [0.2, 0.25) is 0 Å². The van der Waals surface area contributed by atoms with Crippen LogP contribution in [-0.4, -0.2) is 44.6 Å². The van der Waals surface area contributed by atoms with Crippen LogP contribution in [0, 0.1) is 0 Å². The van der Waals surface area contributed by atoms with Gasteiger partial charge in [0.1, 0.15) is 6.04 Å². The van der Waals surface area contributed by atoms with Crippen LogP contribution >= 0.6 is 18.1 Å². The van der Waals surface area contributed by atoms with Gasteiger partial charge in [-0.05, 0) is 0 Å². The molecule has 1 rings (SSSR count). The number of ether oxygens (including phenoxy) is 2. The third kappa shape index (κ3) is 4.31. The first-order valence-electron chi connectivity index (χ1n) is 4.82. The second kappa shape index (κ2) is 6.39. The minimum absolute atomic E-state index is 0.253. The van der Waals surface area contributed by atoms with E-state index in [-0.39, 0.29) is 6.42 Å². The molecule has 1 aliphatic rings. The number of hydrogen-bond acceptors (Lipinski definition) is 7. The second-order valence-corrected chi connectivity index (χ2v) is 7.54. The van der Waals surface area contributed by atoms with E-state index < -0.39 is 24.7 Å². The Kier molecular flexibility index (Phi) is 5.45. The van der Waals surface area contributed by atoms with E-state index in [0.29, 0.717) is 12.4 Å². The molecule has 2 atom stereocenters. The van der Waals surface area contributed by atoms with Crippen molar-refractivity contribution in [2.24, 2.45) is 0 Å². The monoisotopic (exact) mass is 283 g/mol. The SMILES string of the molecule is COC(=O)CC(NP1(=O)OCCS1)C(=O)OC. The Balaban J connectivity index is 2.66. The van der Waals surface area contributed by atoms with Crippen molar-refractivity contribution in [3.63, 3.8) is 0 Å². The first kappa shape index (κ1) is 14.5. The van der Waals surface area contributed by atoms with Gasteiger partial charge >= 0.3 is 18.7 Å². The van der Waals surface area contributed by atoms with E-state index in [1.165, 1.54) is 14.2 Å². The summed E-state index contributed by atoms with van der Waals surface area (Å²) < 4.78 is 26.0. The maximum atomic E-state index is 12.0. The fraction of sp³-hybridized carbons (Fsp3) is 0.750. The van der Waals surface area contributed by atoms with E-state index in [2.05, 4.69) is 14.6 Å². The third-order valence-electron chi connectivity index (χ3n) is 2.00. The fourth-order valence-corrected chi connectivity index (χ4v) is 4.84. The minimum Gasteiger partial charge on any atom is -0.469 e. The van der Waals surface area contributed by atoms with E-state index in [9.17, 15) is 14.2 Å². The largest absolute Gasteiger partial charge is 0.469 e. The minimum atomic E-state index is -3.10. The first-order valence-corrected chi connectivity index (χ1v) is 8.04. The number of hydrogen-bond donors (Lipinski definition) is 1. The van der Waals surface area contributed by atoms with Gasteiger partial charge < -0.3 is 14.0 Å². The average Bonchev–Trinajstić information content (AvgIpc) is 2.73. The van der Waals surface area contributed by atoms with E-state index in [0.717, 1.165) is 11.4 Å². The number of rotatable bonds is 5. The normalized spacial score (nSPS) is 25.3. The van der Waals surface area contributed by atoms with Gasteiger partial charge in [0.05, 0.1) is 27.2 Å². The molecule has 1 saturated heterocycles. The molecule has 17 heavy (non-hydrogen) atoms. The number of nitrogens with one attached hydrogen (secondary N) is 1. The van der Waals surface area contributed by atoms with Crippen LogP contribution in [0.3, 0.4) is 0 Å². The standard InChI is InChI=1S/C8H14NO6PS/c1-13-7(10)5-6(8(11)14-2)9-16(12)15-3-4-17-16/h6H,3-5H2,1-2H3,(H,9,12). The van der Waals surface area contributed by atoms with E-state index in [1.54, 1.807) is 0 Å². The molecule has 1 heterocycles. The Morgan fingerprint density at radius 2 is 2.18 bits per heavy atom. The summed E-state index contributed by atoms with van der Waals surface area (Å²) in [6.07, 6.45) is -0.253. The number of esters is 2. The van der Waals surface area contributed by atoms with Gasteiger partial charge in [0.25, 0.3) is 0 Å². The molecule has 0 aromatic carbocycles. The van der Waals surface area contributed by atoms with Crippen molar-refractivity contribution in [2.75, 3.05) is 26.6 Å². The Bertz CT molecular complexity index is 339. The smallest absolute Gasteiger partial charge is 0.327 e. The Morgan fingerprint density at radius 1 is 1.47 bits per heavy atom. The molecule has 1 fully saturated rings. The molecule has 0 amide bonds. The summed E-state index contributed by atoms with van der Waals surface area (Å²) in [7, 11) is 2.40. The van der Waals surface area contributed by atoms with Crippen molar-refractivity contribution >= 4 is 30.0 Å². The lowest BCUT2D eigenvalue weighted by molar-refractivity contribution is -0.149. The quantitative estimate of drug-likeness (QED) is 0.578. The van der Waals surface area contributed by atoms with E-state index in [1.807, 2.05) is 0 Å². The maximum absolute atomic E-state index is 12.0. The topological polar surface area (TPSA) is 90.9 Å². The summed E-state index contributed by atoms with van der Waals surface area (Å²) in [5.74, 6) is -0.693. The van der Waals surface area contributed by atoms with Gasteiger partial charge in [-0.2, -0.15) is 0 Å². The summed E-state index contributed by atoms with van der Waals surface area (Å²) in [6, 6.07) is -1.02. The highest BCUT2D eigenvalue weighted by Crippen LogP contribution is 2.60. The van der Waals surface area contributed by atoms with Crippen molar-refractivity contribution in [1.29, 1.82) is 0 Å². The molecule has 0 saturated carbocycles. The lowest BCUT2D eigenvalue weighted by Crippen LogP contribution is -2.37. The van der Waals surface area contributed by atoms with Gasteiger partial charge in [-0.1, -0.05) is 11.4 Å². The van der Waals surface area contributed by atoms with E-state index >= 15 is 0 Å². The van der Waals surface area contributed by atoms with E-state index in [4.69, 9.17) is 4.52 Å². The maximum Gasteiger partial charge on any atom is 0.327 e. The predicted molar refractivity (Wildman–Crippen MR) is 61.6 cm³/mol. The van der Waals surface area contributed by atoms with Gasteiger partial charge in [0.15, 0.2) is 0 Å². The van der Waals surface area contributed by atoms with Gasteiger partial charge in [-0.3, -0.25) is 14.2 Å². The molecule has 7 nitrogen and oxygen atoms in total. The number of methoxy groups -OCH3 is 2. The molecular weight excluding hydrogens is 269 g/mol. The molecule has 2 unspecified atom stereocenters. The summed E-state index contributed by atoms with van der Waals surface area (Å²) in [5, 5.41) is 2.53. The Labute approximate surface area is 103 Å². The summed E-state index contributed by atoms with van der Waals surface area (Å²) in [6.45, 7) is -2.75. The van der Waals surface area contributed by atoms with Gasteiger partial charge in [-0.25, -0.2) is 5.09 Å². The molecule has 0 aromatic heterocycles. The third-order valence-corrected chi connectivity index (χ3v) is 6.04. The van der Waals surface area contributed by atoms with Crippen molar-refractivity contribution in [1.82, 2.24) is 5.09 Å². The molecular formula is C8H14NO6PS. The Hall–Kier alpha value is -0.560. The average molecular weight is 283 g/mol. The van der Waals surface area contributed by atoms with Crippen molar-refractivity contribution in [2.45, 2.75) is 12.5 Å². The number of carbonyl (C=O) groups is 2. The van der Waals surface area contributed by atoms with Crippen molar-refractivity contribution in [3.8, 4) is 0 Å². The van der Waals surface area contributed by atoms with Crippen LogP contribution < -0.4 is 5.09 Å². The summed E-state index contributed by atoms with van der Waals surface area (Å²) >= 11 is 1.10. The van der Waals surface area contributed by atoms with Crippen LogP contribution in [0.5, 0.6) is 0 Å². The van der Waals surface area contributed by atoms with Gasteiger partial charge in [0, 0.05) is 5.75 Å². The lowest BCUT2D eigenvalue weighted by atomic mass is 10.2. The molecule has 9 heteroatoms. The van der Waals surface area contributed by atoms with Crippen molar-refractivity contribution < 1.29 is 28.2 Å². The second-order valence-electron chi connectivity index (χ2n) is 3.15. The zero-order valence-corrected chi connectivity index (χ0v) is 11.2. The Morgan fingerprint density at radius 3 is 2.65 bits per heavy atom. The highest BCUT2D eigenvalue weighted by molar-refractivity contribution is 8.56. The molecule has 0 spiro atoms. The molecule has 1 N–H and O–H groups in total. The zero-order valence-electron chi connectivity index (χ0n) is 9.50. The molecule has 0 radical (unpaired) electrons. The molecule has 0 aromatic rings. The highest BCUT2D eigenvalue weighted by Gasteiger charge is 2.36. The van der Waals surface area contributed by atoms with Crippen LogP contribution in [0.15, 0.2) is 0 Å². The van der Waals surface area contributed by atoms with Crippen LogP contribution in [0.25, 0.3) is 0 Å². The van der Waals surface area contributed by atoms with Gasteiger partial charge in [0.2, 0.25) is 0 Å². The van der Waals surface area contributed by atoms with Crippen LogP contribution in [-0.2, 0) is 28.2 Å². The van der Waals surface area contributed by atoms with Gasteiger partial charge in [-0.15, -0.1) is 0 Å². The first-order chi connectivity index (χ1) is 8.00. The molecule has 1 aliphatic heterocycles. The summed E-state index contributed by atoms with van der Waals surface area (Å²) in [4.78, 5) is 22.5. The van der Waals surface area contributed by atoms with Crippen molar-refractivity contribution in [3.05, 3.63) is 0 Å². The van der Waals surface area contributed by atoms with Crippen LogP contribution in [0.4, 0.5) is 0 Å². The number of carbonyl (C=O) groups excluding carboxylic acids is 2. The predicted octanol–water partition coefficient (Wildman–Crippen LogP) is 0.552. The fourth-order valence-electron chi connectivity index (χ4n) is 1.19. The zero-order chi connectivity index (χ0) is 12.9. The molecule has 0 bridgehead atoms. The summed E-state index contributed by atoms with van der Waals surface area (Å²) in [5.41, 5.74) is 0. The van der Waals surface area contributed by atoms with Crippen LogP contribution in [0.1, 0.15) is 6.42 Å².